The predicted molar refractivity (Wildman–Crippen MR) is 176 cm³/mol. The molecular weight excluding hydrogens is 574 g/mol. The van der Waals surface area contributed by atoms with E-state index in [0.29, 0.717) is 25.3 Å². The zero-order chi connectivity index (χ0) is 32.2. The summed E-state index contributed by atoms with van der Waals surface area (Å²) < 4.78 is 33.2. The molecule has 1 amide bonds. The van der Waals surface area contributed by atoms with E-state index in [-0.39, 0.29) is 37.1 Å². The van der Waals surface area contributed by atoms with Crippen molar-refractivity contribution >= 4 is 33.8 Å². The fourth-order valence-electron chi connectivity index (χ4n) is 5.36. The van der Waals surface area contributed by atoms with Crippen LogP contribution in [0.5, 0.6) is 5.75 Å². The van der Waals surface area contributed by atoms with Gasteiger partial charge in [-0.05, 0) is 41.3 Å². The summed E-state index contributed by atoms with van der Waals surface area (Å²) in [5.74, 6) is -2.33. The molecule has 0 aliphatic carbocycles. The zero-order valence-electron chi connectivity index (χ0n) is 26.0. The Labute approximate surface area is 262 Å². The quantitative estimate of drug-likeness (QED) is 0.255. The number of halogens is 2. The van der Waals surface area contributed by atoms with Gasteiger partial charge in [-0.25, -0.2) is 8.78 Å². The predicted octanol–water partition coefficient (Wildman–Crippen LogP) is 6.09. The molecule has 10 heteroatoms. The smallest absolute Gasteiger partial charge is 0.267 e. The Morgan fingerprint density at radius 1 is 1.18 bits per heavy atom. The van der Waals surface area contributed by atoms with Crippen molar-refractivity contribution in [3.63, 3.8) is 0 Å². The van der Waals surface area contributed by atoms with E-state index >= 15 is 0 Å². The van der Waals surface area contributed by atoms with Crippen LogP contribution in [0.4, 0.5) is 8.78 Å². The Balaban J connectivity index is 1.23. The summed E-state index contributed by atoms with van der Waals surface area (Å²) in [5.41, 5.74) is 10.9. The van der Waals surface area contributed by atoms with Crippen molar-refractivity contribution in [2.24, 2.45) is 21.1 Å². The minimum atomic E-state index is -2.61. The number of benzene rings is 2. The number of piperidine rings is 1. The van der Waals surface area contributed by atoms with E-state index in [0.717, 1.165) is 39.1 Å². The SMILES string of the molecule is C=C/N=C(/C(=O)NCCN1CCC(F)(F)CC1)C(N)c1cc(COc2ccc(C3=CC(C(C)(C)C)=N3)c3ccccc23)ccn1. The first kappa shape index (κ1) is 32.1. The second-order valence-corrected chi connectivity index (χ2v) is 12.4. The molecule has 2 aromatic carbocycles. The molecule has 0 saturated carbocycles. The number of nitrogens with two attached hydrogens (primary N) is 1. The van der Waals surface area contributed by atoms with Crippen LogP contribution in [0.15, 0.2) is 83.6 Å². The molecular formula is C35H40F2N6O2. The number of carbonyl (C=O) groups excluding carboxylic acids is 1. The molecule has 2 aliphatic rings. The molecule has 5 rings (SSSR count). The Morgan fingerprint density at radius 3 is 2.58 bits per heavy atom. The van der Waals surface area contributed by atoms with Crippen LogP contribution in [0.1, 0.15) is 56.5 Å². The number of nitrogens with one attached hydrogen (secondary N) is 1. The summed E-state index contributed by atoms with van der Waals surface area (Å²) in [6, 6.07) is 14.8. The average Bonchev–Trinajstić information content (AvgIpc) is 2.98. The molecule has 1 atom stereocenters. The topological polar surface area (TPSA) is 105 Å². The summed E-state index contributed by atoms with van der Waals surface area (Å²) in [7, 11) is 0. The lowest BCUT2D eigenvalue weighted by molar-refractivity contribution is -0.115. The summed E-state index contributed by atoms with van der Waals surface area (Å²) in [4.78, 5) is 28.2. The van der Waals surface area contributed by atoms with Gasteiger partial charge in [-0.1, -0.05) is 51.6 Å². The van der Waals surface area contributed by atoms with Gasteiger partial charge in [0.2, 0.25) is 0 Å². The number of hydrogen-bond acceptors (Lipinski definition) is 7. The maximum atomic E-state index is 13.4. The van der Waals surface area contributed by atoms with E-state index in [4.69, 9.17) is 15.5 Å². The van der Waals surface area contributed by atoms with Gasteiger partial charge in [0.05, 0.1) is 17.4 Å². The highest BCUT2D eigenvalue weighted by atomic mass is 19.3. The fourth-order valence-corrected chi connectivity index (χ4v) is 5.36. The van der Waals surface area contributed by atoms with Gasteiger partial charge in [-0.3, -0.25) is 19.8 Å². The number of aliphatic imine (C=N–C) groups is 2. The number of nitrogens with zero attached hydrogens (tertiary/aromatic N) is 4. The number of alkyl halides is 2. The van der Waals surface area contributed by atoms with Crippen molar-refractivity contribution in [1.29, 1.82) is 0 Å². The normalized spacial score (nSPS) is 17.6. The Morgan fingerprint density at radius 2 is 1.89 bits per heavy atom. The number of likely N-dealkylation sites (tertiary alicyclic amines) is 1. The Hall–Kier alpha value is -4.28. The van der Waals surface area contributed by atoms with Gasteiger partial charge in [0.1, 0.15) is 18.1 Å². The third-order valence-corrected chi connectivity index (χ3v) is 8.06. The van der Waals surface area contributed by atoms with Crippen molar-refractivity contribution in [1.82, 2.24) is 15.2 Å². The lowest BCUT2D eigenvalue weighted by atomic mass is 9.85. The molecule has 3 aromatic rings. The van der Waals surface area contributed by atoms with E-state index in [1.165, 1.54) is 6.20 Å². The lowest BCUT2D eigenvalue weighted by Crippen LogP contribution is -2.45. The maximum absolute atomic E-state index is 13.4. The van der Waals surface area contributed by atoms with E-state index in [2.05, 4.69) is 54.8 Å². The molecule has 0 radical (unpaired) electrons. The van der Waals surface area contributed by atoms with Crippen LogP contribution in [0, 0.1) is 5.41 Å². The number of rotatable bonds is 11. The van der Waals surface area contributed by atoms with Gasteiger partial charge in [0.25, 0.3) is 11.8 Å². The average molecular weight is 615 g/mol. The van der Waals surface area contributed by atoms with Gasteiger partial charge in [-0.15, -0.1) is 0 Å². The first-order chi connectivity index (χ1) is 21.4. The van der Waals surface area contributed by atoms with Crippen molar-refractivity contribution in [3.05, 3.63) is 90.4 Å². The third kappa shape index (κ3) is 7.69. The zero-order valence-corrected chi connectivity index (χ0v) is 26.0. The van der Waals surface area contributed by atoms with Gasteiger partial charge >= 0.3 is 0 Å². The van der Waals surface area contributed by atoms with Crippen molar-refractivity contribution in [2.75, 3.05) is 26.2 Å². The van der Waals surface area contributed by atoms with Crippen LogP contribution in [0.2, 0.25) is 0 Å². The van der Waals surface area contributed by atoms with Crippen LogP contribution in [-0.4, -0.2) is 59.3 Å². The first-order valence-corrected chi connectivity index (χ1v) is 15.2. The van der Waals surface area contributed by atoms with E-state index in [9.17, 15) is 13.6 Å². The largest absolute Gasteiger partial charge is 0.488 e. The summed E-state index contributed by atoms with van der Waals surface area (Å²) in [6.07, 6.45) is 4.69. The molecule has 0 spiro atoms. The van der Waals surface area contributed by atoms with Crippen LogP contribution < -0.4 is 15.8 Å². The van der Waals surface area contributed by atoms with E-state index in [1.54, 1.807) is 12.3 Å². The second-order valence-electron chi connectivity index (χ2n) is 12.4. The van der Waals surface area contributed by atoms with E-state index in [1.807, 2.05) is 41.3 Å². The fraction of sp³-hybridized carbons (Fsp3) is 0.371. The molecule has 3 N–H and O–H groups in total. The molecule has 0 bridgehead atoms. The van der Waals surface area contributed by atoms with Crippen molar-refractivity contribution < 1.29 is 18.3 Å². The van der Waals surface area contributed by atoms with Crippen molar-refractivity contribution in [2.45, 2.75) is 52.2 Å². The molecule has 45 heavy (non-hydrogen) atoms. The van der Waals surface area contributed by atoms with Gasteiger partial charge in [0.15, 0.2) is 0 Å². The van der Waals surface area contributed by atoms with Crippen LogP contribution >= 0.6 is 0 Å². The molecule has 236 valence electrons. The summed E-state index contributed by atoms with van der Waals surface area (Å²) in [6.45, 7) is 11.7. The number of fused-ring (bicyclic) bond motifs is 1. The second kappa shape index (κ2) is 13.4. The minimum absolute atomic E-state index is 0.00802. The number of allylic oxidation sites excluding steroid dienone is 1. The van der Waals surface area contributed by atoms with Gasteiger partial charge < -0.3 is 20.7 Å². The van der Waals surface area contributed by atoms with Gasteiger partial charge in [-0.2, -0.15) is 0 Å². The highest BCUT2D eigenvalue weighted by Crippen LogP contribution is 2.37. The summed E-state index contributed by atoms with van der Waals surface area (Å²) in [5, 5.41) is 4.85. The number of hydrogen-bond donors (Lipinski definition) is 2. The van der Waals surface area contributed by atoms with Gasteiger partial charge in [0, 0.05) is 73.5 Å². The molecule has 8 nitrogen and oxygen atoms in total. The van der Waals surface area contributed by atoms with Crippen LogP contribution in [0.3, 0.4) is 0 Å². The minimum Gasteiger partial charge on any atom is -0.488 e. The number of amides is 1. The Kier molecular flexibility index (Phi) is 9.55. The lowest BCUT2D eigenvalue weighted by Gasteiger charge is -2.31. The highest BCUT2D eigenvalue weighted by molar-refractivity contribution is 6.40. The van der Waals surface area contributed by atoms with E-state index < -0.39 is 17.9 Å². The van der Waals surface area contributed by atoms with Crippen LogP contribution in [0.25, 0.3) is 16.5 Å². The number of aromatic nitrogens is 1. The first-order valence-electron chi connectivity index (χ1n) is 15.2. The molecule has 1 saturated heterocycles. The Bertz CT molecular complexity index is 1660. The standard InChI is InChI=1S/C35H40F2N6O2/c1-5-39-32(33(44)41-16-19-43-17-13-35(36,37)14-18-43)31(38)28-20-23(12-15-40-28)22-45-29-11-10-25(24-8-6-7-9-26(24)29)27-21-30(42-27)34(2,3)4/h5-12,15,20-21,31H,1,13-14,16-19,22,38H2,2-4H3,(H,41,44)/b39-32+. The molecule has 1 aromatic heterocycles. The number of ether oxygens (including phenoxy) is 1. The summed E-state index contributed by atoms with van der Waals surface area (Å²) >= 11 is 0. The van der Waals surface area contributed by atoms with Crippen molar-refractivity contribution in [3.8, 4) is 5.75 Å². The molecule has 3 heterocycles. The maximum Gasteiger partial charge on any atom is 0.267 e. The molecule has 1 fully saturated rings. The monoisotopic (exact) mass is 614 g/mol. The molecule has 2 aliphatic heterocycles. The highest BCUT2D eigenvalue weighted by Gasteiger charge is 2.34. The van der Waals surface area contributed by atoms with Crippen LogP contribution in [-0.2, 0) is 11.4 Å². The molecule has 1 unspecified atom stereocenters. The third-order valence-electron chi connectivity index (χ3n) is 8.06. The number of pyridine rings is 1. The number of carbonyl (C=O) groups is 1.